The van der Waals surface area contributed by atoms with Crippen LogP contribution in [0.4, 0.5) is 0 Å². The second-order valence-corrected chi connectivity index (χ2v) is 5.87. The van der Waals surface area contributed by atoms with Crippen molar-refractivity contribution in [1.29, 1.82) is 0 Å². The molecule has 1 fully saturated rings. The molecule has 1 atom stereocenters. The number of carboxylic acid groups (broad SMARTS) is 1. The Labute approximate surface area is 150 Å². The predicted molar refractivity (Wildman–Crippen MR) is 91.6 cm³/mol. The molecule has 2 N–H and O–H groups in total. The zero-order valence-electron chi connectivity index (χ0n) is 14.8. The van der Waals surface area contributed by atoms with Gasteiger partial charge in [-0.2, -0.15) is 5.10 Å². The quantitative estimate of drug-likeness (QED) is 0.738. The van der Waals surface area contributed by atoms with Crippen LogP contribution < -0.4 is 14.8 Å². The molecule has 1 aliphatic rings. The Bertz CT molecular complexity index is 771. The first-order valence-electron chi connectivity index (χ1n) is 8.29. The number of aliphatic carboxylic acids is 1. The summed E-state index contributed by atoms with van der Waals surface area (Å²) in [5.74, 6) is 1.34. The summed E-state index contributed by atoms with van der Waals surface area (Å²) in [4.78, 5) is 15.7. The molecule has 1 saturated heterocycles. The minimum Gasteiger partial charge on any atom is -0.493 e. The topological polar surface area (TPSA) is 108 Å². The number of nitrogens with one attached hydrogen (secondary N) is 1. The lowest BCUT2D eigenvalue weighted by Gasteiger charge is -2.22. The van der Waals surface area contributed by atoms with Crippen molar-refractivity contribution in [3.05, 3.63) is 35.4 Å². The van der Waals surface area contributed by atoms with Crippen LogP contribution in [0.5, 0.6) is 11.5 Å². The molecular formula is C17H22N4O5. The number of hydrogen-bond donors (Lipinski definition) is 2. The molecule has 1 aliphatic heterocycles. The number of nitrogens with zero attached hydrogens (tertiary/aromatic N) is 3. The molecule has 0 radical (unpaired) electrons. The first-order valence-corrected chi connectivity index (χ1v) is 8.29. The van der Waals surface area contributed by atoms with E-state index in [1.54, 1.807) is 14.2 Å². The van der Waals surface area contributed by atoms with Gasteiger partial charge in [0.15, 0.2) is 23.1 Å². The molecule has 1 aromatic heterocycles. The number of morpholine rings is 1. The molecule has 2 heterocycles. The molecule has 0 spiro atoms. The second kappa shape index (κ2) is 8.15. The monoisotopic (exact) mass is 362 g/mol. The number of rotatable bonds is 7. The van der Waals surface area contributed by atoms with E-state index in [1.165, 1.54) is 4.68 Å². The van der Waals surface area contributed by atoms with Crippen LogP contribution in [0.1, 0.15) is 23.3 Å². The Morgan fingerprint density at radius 2 is 2.19 bits per heavy atom. The highest BCUT2D eigenvalue weighted by Gasteiger charge is 2.24. The molecule has 0 unspecified atom stereocenters. The molecule has 0 aliphatic carbocycles. The van der Waals surface area contributed by atoms with Crippen LogP contribution in [0.2, 0.25) is 0 Å². The maximum absolute atomic E-state index is 11.1. The third kappa shape index (κ3) is 4.12. The fourth-order valence-corrected chi connectivity index (χ4v) is 2.86. The average Bonchev–Trinajstić information content (AvgIpc) is 3.03. The third-order valence-electron chi connectivity index (χ3n) is 4.06. The van der Waals surface area contributed by atoms with E-state index >= 15 is 0 Å². The van der Waals surface area contributed by atoms with Gasteiger partial charge in [0.05, 0.1) is 20.8 Å². The van der Waals surface area contributed by atoms with Crippen LogP contribution in [0.15, 0.2) is 18.2 Å². The van der Waals surface area contributed by atoms with E-state index in [1.807, 2.05) is 18.2 Å². The third-order valence-corrected chi connectivity index (χ3v) is 4.06. The van der Waals surface area contributed by atoms with Crippen molar-refractivity contribution in [3.63, 3.8) is 0 Å². The van der Waals surface area contributed by atoms with Crippen LogP contribution in [-0.2, 0) is 22.5 Å². The van der Waals surface area contributed by atoms with Crippen LogP contribution in [0.3, 0.4) is 0 Å². The molecule has 9 nitrogen and oxygen atoms in total. The van der Waals surface area contributed by atoms with E-state index in [0.29, 0.717) is 42.7 Å². The molecule has 2 aromatic rings. The standard InChI is InChI=1S/C17H22N4O5/c1-24-12-4-3-11(7-13(12)25-2)8-15-19-17(14-9-18-5-6-26-14)21(20-15)10-16(22)23/h3-4,7,14,18H,5-6,8-10H2,1-2H3,(H,22,23)/t14-/m1/s1. The second-order valence-electron chi connectivity index (χ2n) is 5.87. The van der Waals surface area contributed by atoms with E-state index in [-0.39, 0.29) is 12.6 Å². The van der Waals surface area contributed by atoms with E-state index in [0.717, 1.165) is 12.1 Å². The van der Waals surface area contributed by atoms with Crippen molar-refractivity contribution in [2.45, 2.75) is 19.1 Å². The molecule has 0 amide bonds. The highest BCUT2D eigenvalue weighted by molar-refractivity contribution is 5.66. The lowest BCUT2D eigenvalue weighted by Crippen LogP contribution is -2.35. The highest BCUT2D eigenvalue weighted by atomic mass is 16.5. The summed E-state index contributed by atoms with van der Waals surface area (Å²) in [6, 6.07) is 5.57. The first kappa shape index (κ1) is 18.2. The summed E-state index contributed by atoms with van der Waals surface area (Å²) in [6.07, 6.45) is 0.134. The van der Waals surface area contributed by atoms with Gasteiger partial charge in [0.25, 0.3) is 0 Å². The van der Waals surface area contributed by atoms with E-state index < -0.39 is 5.97 Å². The van der Waals surface area contributed by atoms with E-state index in [2.05, 4.69) is 15.4 Å². The number of carboxylic acids is 1. The maximum Gasteiger partial charge on any atom is 0.325 e. The molecule has 9 heteroatoms. The van der Waals surface area contributed by atoms with Gasteiger partial charge in [-0.15, -0.1) is 0 Å². The Morgan fingerprint density at radius 3 is 2.85 bits per heavy atom. The Kier molecular flexibility index (Phi) is 5.69. The Hall–Kier alpha value is -2.65. The summed E-state index contributed by atoms with van der Waals surface area (Å²) in [7, 11) is 3.16. The van der Waals surface area contributed by atoms with Gasteiger partial charge in [-0.05, 0) is 17.7 Å². The Balaban J connectivity index is 1.85. The maximum atomic E-state index is 11.1. The fraction of sp³-hybridized carbons (Fsp3) is 0.471. The molecule has 26 heavy (non-hydrogen) atoms. The number of carbonyl (C=O) groups is 1. The van der Waals surface area contributed by atoms with Crippen LogP contribution in [-0.4, -0.2) is 59.8 Å². The first-order chi connectivity index (χ1) is 12.6. The summed E-state index contributed by atoms with van der Waals surface area (Å²) < 4.78 is 17.7. The number of methoxy groups -OCH3 is 2. The predicted octanol–water partition coefficient (Wildman–Crippen LogP) is 0.632. The van der Waals surface area contributed by atoms with Gasteiger partial charge in [-0.25, -0.2) is 9.67 Å². The zero-order valence-corrected chi connectivity index (χ0v) is 14.8. The average molecular weight is 362 g/mol. The zero-order chi connectivity index (χ0) is 18.5. The lowest BCUT2D eigenvalue weighted by atomic mass is 10.1. The largest absolute Gasteiger partial charge is 0.493 e. The normalized spacial score (nSPS) is 17.1. The smallest absolute Gasteiger partial charge is 0.325 e. The Morgan fingerprint density at radius 1 is 1.38 bits per heavy atom. The van der Waals surface area contributed by atoms with Gasteiger partial charge in [0.1, 0.15) is 12.6 Å². The van der Waals surface area contributed by atoms with Crippen molar-refractivity contribution in [2.75, 3.05) is 33.9 Å². The van der Waals surface area contributed by atoms with Gasteiger partial charge >= 0.3 is 5.97 Å². The lowest BCUT2D eigenvalue weighted by molar-refractivity contribution is -0.138. The van der Waals surface area contributed by atoms with Crippen molar-refractivity contribution in [1.82, 2.24) is 20.1 Å². The van der Waals surface area contributed by atoms with Crippen molar-refractivity contribution in [3.8, 4) is 11.5 Å². The van der Waals surface area contributed by atoms with Gasteiger partial charge in [-0.3, -0.25) is 4.79 Å². The van der Waals surface area contributed by atoms with Crippen LogP contribution in [0.25, 0.3) is 0 Å². The summed E-state index contributed by atoms with van der Waals surface area (Å²) in [6.45, 7) is 1.64. The van der Waals surface area contributed by atoms with Gasteiger partial charge in [-0.1, -0.05) is 6.07 Å². The minimum absolute atomic E-state index is 0.256. The fourth-order valence-electron chi connectivity index (χ4n) is 2.86. The van der Waals surface area contributed by atoms with Gasteiger partial charge < -0.3 is 24.6 Å². The molecular weight excluding hydrogens is 340 g/mol. The molecule has 3 rings (SSSR count). The number of ether oxygens (including phenoxy) is 3. The molecule has 0 bridgehead atoms. The summed E-state index contributed by atoms with van der Waals surface area (Å²) >= 11 is 0. The SMILES string of the molecule is COc1ccc(Cc2nc([C@H]3CNCCO3)n(CC(=O)O)n2)cc1OC. The van der Waals surface area contributed by atoms with Crippen LogP contribution >= 0.6 is 0 Å². The highest BCUT2D eigenvalue weighted by Crippen LogP contribution is 2.28. The number of aromatic nitrogens is 3. The van der Waals surface area contributed by atoms with Gasteiger partial charge in [0.2, 0.25) is 0 Å². The molecule has 140 valence electrons. The van der Waals surface area contributed by atoms with E-state index in [4.69, 9.17) is 19.3 Å². The van der Waals surface area contributed by atoms with E-state index in [9.17, 15) is 4.79 Å². The summed E-state index contributed by atoms with van der Waals surface area (Å²) in [5, 5.41) is 16.7. The van der Waals surface area contributed by atoms with Crippen molar-refractivity contribution >= 4 is 5.97 Å². The summed E-state index contributed by atoms with van der Waals surface area (Å²) in [5.41, 5.74) is 0.935. The van der Waals surface area contributed by atoms with Crippen molar-refractivity contribution < 1.29 is 24.1 Å². The number of hydrogen-bond acceptors (Lipinski definition) is 7. The van der Waals surface area contributed by atoms with Gasteiger partial charge in [0, 0.05) is 19.5 Å². The number of benzene rings is 1. The van der Waals surface area contributed by atoms with Crippen LogP contribution in [0, 0.1) is 0 Å². The minimum atomic E-state index is -0.974. The molecule has 1 aromatic carbocycles. The molecule has 0 saturated carbocycles. The van der Waals surface area contributed by atoms with Crippen molar-refractivity contribution in [2.24, 2.45) is 0 Å².